The monoisotopic (exact) mass is 362 g/mol. The van der Waals surface area contributed by atoms with Crippen molar-refractivity contribution in [2.24, 2.45) is 0 Å². The molecule has 8 nitrogen and oxygen atoms in total. The van der Waals surface area contributed by atoms with E-state index in [0.29, 0.717) is 12.2 Å². The van der Waals surface area contributed by atoms with Crippen LogP contribution in [-0.2, 0) is 4.74 Å². The van der Waals surface area contributed by atoms with E-state index in [1.165, 1.54) is 43.5 Å². The van der Waals surface area contributed by atoms with Crippen LogP contribution in [0.4, 0.5) is 16.2 Å². The van der Waals surface area contributed by atoms with Crippen molar-refractivity contribution in [3.63, 3.8) is 0 Å². The van der Waals surface area contributed by atoms with Crippen molar-refractivity contribution in [2.45, 2.75) is 37.6 Å². The molecule has 26 heavy (non-hydrogen) atoms. The lowest BCUT2D eigenvalue weighted by Crippen LogP contribution is -2.60. The zero-order valence-corrected chi connectivity index (χ0v) is 14.9. The number of non-ortho nitro benzene ring substituents is 1. The molecule has 1 aliphatic carbocycles. The van der Waals surface area contributed by atoms with Gasteiger partial charge in [0.05, 0.1) is 18.1 Å². The summed E-state index contributed by atoms with van der Waals surface area (Å²) in [6.45, 7) is 3.91. The topological polar surface area (TPSA) is 96.7 Å². The minimum absolute atomic E-state index is 0.00411. The predicted molar refractivity (Wildman–Crippen MR) is 98.3 cm³/mol. The summed E-state index contributed by atoms with van der Waals surface area (Å²) in [7, 11) is 0. The lowest BCUT2D eigenvalue weighted by molar-refractivity contribution is -0.384. The normalized spacial score (nSPS) is 20.3. The third kappa shape index (κ3) is 4.50. The van der Waals surface area contributed by atoms with Gasteiger partial charge in [-0.25, -0.2) is 4.79 Å². The summed E-state index contributed by atoms with van der Waals surface area (Å²) in [5.41, 5.74) is 0.552. The molecule has 0 unspecified atom stereocenters. The molecule has 8 heteroatoms. The lowest BCUT2D eigenvalue weighted by Gasteiger charge is -2.48. The molecule has 1 heterocycles. The molecule has 0 bridgehead atoms. The first-order chi connectivity index (χ1) is 12.6. The molecule has 0 spiro atoms. The molecule has 0 radical (unpaired) electrons. The molecule has 0 aromatic heterocycles. The molecule has 0 atom stereocenters. The summed E-state index contributed by atoms with van der Waals surface area (Å²) in [4.78, 5) is 25.0. The molecule has 3 rings (SSSR count). The lowest BCUT2D eigenvalue weighted by atomic mass is 9.80. The Kier molecular flexibility index (Phi) is 6.05. The Balaban J connectivity index is 1.57. The summed E-state index contributed by atoms with van der Waals surface area (Å²) in [5, 5.41) is 16.5. The Bertz CT molecular complexity index is 623. The molecule has 1 aromatic carbocycles. The molecule has 1 saturated carbocycles. The smallest absolute Gasteiger partial charge is 0.319 e. The van der Waals surface area contributed by atoms with Crippen molar-refractivity contribution >= 4 is 17.4 Å². The second-order valence-electron chi connectivity index (χ2n) is 7.00. The van der Waals surface area contributed by atoms with E-state index in [0.717, 1.165) is 39.1 Å². The Morgan fingerprint density at radius 1 is 1.15 bits per heavy atom. The first-order valence-electron chi connectivity index (χ1n) is 9.21. The second-order valence-corrected chi connectivity index (χ2v) is 7.00. The zero-order valence-electron chi connectivity index (χ0n) is 14.9. The highest BCUT2D eigenvalue weighted by atomic mass is 16.6. The Morgan fingerprint density at radius 3 is 2.42 bits per heavy atom. The third-order valence-corrected chi connectivity index (χ3v) is 5.38. The number of nitro groups is 1. The van der Waals surface area contributed by atoms with Gasteiger partial charge >= 0.3 is 6.03 Å². The van der Waals surface area contributed by atoms with Crippen LogP contribution >= 0.6 is 0 Å². The second kappa shape index (κ2) is 8.46. The van der Waals surface area contributed by atoms with Crippen LogP contribution in [0.15, 0.2) is 24.3 Å². The number of nitro benzene ring substituents is 1. The SMILES string of the molecule is O=C(NCC1(N2CCOCC2)CCCCC1)Nc1ccc([N+](=O)[O-])cc1. The highest BCUT2D eigenvalue weighted by Gasteiger charge is 2.38. The fourth-order valence-corrected chi connectivity index (χ4v) is 3.94. The van der Waals surface area contributed by atoms with Crippen molar-refractivity contribution in [1.29, 1.82) is 0 Å². The minimum atomic E-state index is -0.459. The summed E-state index contributed by atoms with van der Waals surface area (Å²) < 4.78 is 5.48. The summed E-state index contributed by atoms with van der Waals surface area (Å²) in [5.74, 6) is 0. The standard InChI is InChI=1S/C18H26N4O4/c23-17(20-15-4-6-16(7-5-15)22(24)25)19-14-18(8-2-1-3-9-18)21-10-12-26-13-11-21/h4-7H,1-3,8-14H2,(H2,19,20,23). The van der Waals surface area contributed by atoms with Crippen LogP contribution in [0.3, 0.4) is 0 Å². The Hall–Kier alpha value is -2.19. The molecule has 2 N–H and O–H groups in total. The maximum Gasteiger partial charge on any atom is 0.319 e. The number of ether oxygens (including phenoxy) is 1. The van der Waals surface area contributed by atoms with Crippen molar-refractivity contribution in [1.82, 2.24) is 10.2 Å². The van der Waals surface area contributed by atoms with Gasteiger partial charge in [0.15, 0.2) is 0 Å². The Labute approximate surface area is 153 Å². The number of rotatable bonds is 5. The molecular weight excluding hydrogens is 336 g/mol. The number of benzene rings is 1. The van der Waals surface area contributed by atoms with Gasteiger partial charge in [-0.1, -0.05) is 19.3 Å². The number of carbonyl (C=O) groups excluding carboxylic acids is 1. The molecule has 2 amide bonds. The molecular formula is C18H26N4O4. The van der Waals surface area contributed by atoms with Gasteiger partial charge in [0, 0.05) is 43.0 Å². The van der Waals surface area contributed by atoms with Gasteiger partial charge < -0.3 is 15.4 Å². The van der Waals surface area contributed by atoms with Crippen molar-refractivity contribution in [2.75, 3.05) is 38.2 Å². The molecule has 1 aromatic rings. The van der Waals surface area contributed by atoms with Crippen LogP contribution in [0.5, 0.6) is 0 Å². The van der Waals surface area contributed by atoms with Gasteiger partial charge in [0.25, 0.3) is 5.69 Å². The molecule has 2 fully saturated rings. The summed E-state index contributed by atoms with van der Waals surface area (Å²) in [6, 6.07) is 5.56. The largest absolute Gasteiger partial charge is 0.379 e. The van der Waals surface area contributed by atoms with Crippen molar-refractivity contribution in [3.8, 4) is 0 Å². The van der Waals surface area contributed by atoms with Gasteiger partial charge in [-0.2, -0.15) is 0 Å². The summed E-state index contributed by atoms with van der Waals surface area (Å²) in [6.07, 6.45) is 5.79. The first kappa shape index (κ1) is 18.6. The van der Waals surface area contributed by atoms with E-state index in [1.54, 1.807) is 0 Å². The molecule has 1 saturated heterocycles. The first-order valence-corrected chi connectivity index (χ1v) is 9.21. The number of hydrogen-bond acceptors (Lipinski definition) is 5. The number of nitrogens with zero attached hydrogens (tertiary/aromatic N) is 2. The van der Waals surface area contributed by atoms with E-state index in [2.05, 4.69) is 15.5 Å². The Morgan fingerprint density at radius 2 is 1.81 bits per heavy atom. The minimum Gasteiger partial charge on any atom is -0.379 e. The van der Waals surface area contributed by atoms with Crippen LogP contribution in [0.1, 0.15) is 32.1 Å². The van der Waals surface area contributed by atoms with Crippen LogP contribution in [-0.4, -0.2) is 54.2 Å². The number of amides is 2. The predicted octanol–water partition coefficient (Wildman–Crippen LogP) is 2.75. The highest BCUT2D eigenvalue weighted by molar-refractivity contribution is 5.89. The van der Waals surface area contributed by atoms with E-state index in [1.807, 2.05) is 0 Å². The van der Waals surface area contributed by atoms with E-state index >= 15 is 0 Å². The highest BCUT2D eigenvalue weighted by Crippen LogP contribution is 2.33. The number of nitrogens with one attached hydrogen (secondary N) is 2. The zero-order chi connectivity index (χ0) is 18.4. The fraction of sp³-hybridized carbons (Fsp3) is 0.611. The van der Waals surface area contributed by atoms with Crippen molar-refractivity contribution < 1.29 is 14.5 Å². The quantitative estimate of drug-likeness (QED) is 0.620. The van der Waals surface area contributed by atoms with E-state index in [4.69, 9.17) is 4.74 Å². The van der Waals surface area contributed by atoms with Crippen LogP contribution < -0.4 is 10.6 Å². The number of anilines is 1. The number of hydrogen-bond donors (Lipinski definition) is 2. The van der Waals surface area contributed by atoms with E-state index in [-0.39, 0.29) is 17.3 Å². The average Bonchev–Trinajstić information content (AvgIpc) is 2.68. The average molecular weight is 362 g/mol. The van der Waals surface area contributed by atoms with Crippen LogP contribution in [0, 0.1) is 10.1 Å². The maximum atomic E-state index is 12.3. The molecule has 142 valence electrons. The van der Waals surface area contributed by atoms with Gasteiger partial charge in [-0.05, 0) is 25.0 Å². The van der Waals surface area contributed by atoms with Gasteiger partial charge in [0.2, 0.25) is 0 Å². The number of morpholine rings is 1. The van der Waals surface area contributed by atoms with Gasteiger partial charge in [-0.3, -0.25) is 15.0 Å². The van der Waals surface area contributed by atoms with Crippen LogP contribution in [0.25, 0.3) is 0 Å². The van der Waals surface area contributed by atoms with Crippen LogP contribution in [0.2, 0.25) is 0 Å². The van der Waals surface area contributed by atoms with E-state index in [9.17, 15) is 14.9 Å². The third-order valence-electron chi connectivity index (χ3n) is 5.38. The van der Waals surface area contributed by atoms with E-state index < -0.39 is 4.92 Å². The van der Waals surface area contributed by atoms with Gasteiger partial charge in [-0.15, -0.1) is 0 Å². The fourth-order valence-electron chi connectivity index (χ4n) is 3.94. The van der Waals surface area contributed by atoms with Crippen molar-refractivity contribution in [3.05, 3.63) is 34.4 Å². The maximum absolute atomic E-state index is 12.3. The molecule has 1 aliphatic heterocycles. The number of carbonyl (C=O) groups is 1. The van der Waals surface area contributed by atoms with Gasteiger partial charge in [0.1, 0.15) is 0 Å². The molecule has 2 aliphatic rings. The summed E-state index contributed by atoms with van der Waals surface area (Å²) >= 11 is 0. The number of urea groups is 1.